The van der Waals surface area contributed by atoms with Crippen molar-refractivity contribution in [3.8, 4) is 0 Å². The fourth-order valence-corrected chi connectivity index (χ4v) is 2.66. The van der Waals surface area contributed by atoms with Gasteiger partial charge < -0.3 is 9.30 Å². The van der Waals surface area contributed by atoms with Gasteiger partial charge in [-0.15, -0.1) is 0 Å². The van der Waals surface area contributed by atoms with Crippen molar-refractivity contribution in [3.05, 3.63) is 59.4 Å². The summed E-state index contributed by atoms with van der Waals surface area (Å²) in [7, 11) is 0. The third kappa shape index (κ3) is 2.99. The number of fused-ring (bicyclic) bond motifs is 1. The molecule has 0 bridgehead atoms. The SMILES string of the molecule is O=C1CCCCc2cn(COCc3ccccc3)cc21. The Bertz CT molecular complexity index is 586. The standard InChI is InChI=1S/C17H19NO2/c19-17-9-5-4-8-15-10-18(11-16(15)17)13-20-12-14-6-2-1-3-7-14/h1-3,6-7,10-11H,4-5,8-9,12-13H2. The molecule has 0 N–H and O–H groups in total. The van der Waals surface area contributed by atoms with E-state index >= 15 is 0 Å². The van der Waals surface area contributed by atoms with Crippen molar-refractivity contribution in [3.63, 3.8) is 0 Å². The molecule has 3 heteroatoms. The third-order valence-electron chi connectivity index (χ3n) is 3.71. The molecule has 0 unspecified atom stereocenters. The number of ketones is 1. The lowest BCUT2D eigenvalue weighted by molar-refractivity contribution is 0.0640. The molecule has 0 amide bonds. The van der Waals surface area contributed by atoms with E-state index in [0.717, 1.165) is 30.4 Å². The van der Waals surface area contributed by atoms with Gasteiger partial charge in [-0.1, -0.05) is 30.3 Å². The van der Waals surface area contributed by atoms with E-state index in [1.165, 1.54) is 5.56 Å². The first-order valence-corrected chi connectivity index (χ1v) is 7.16. The van der Waals surface area contributed by atoms with Crippen molar-refractivity contribution in [1.82, 2.24) is 4.57 Å². The highest BCUT2D eigenvalue weighted by Gasteiger charge is 2.17. The summed E-state index contributed by atoms with van der Waals surface area (Å²) < 4.78 is 7.68. The number of carbonyl (C=O) groups excluding carboxylic acids is 1. The van der Waals surface area contributed by atoms with Crippen molar-refractivity contribution < 1.29 is 9.53 Å². The summed E-state index contributed by atoms with van der Waals surface area (Å²) in [6.07, 6.45) is 7.80. The van der Waals surface area contributed by atoms with E-state index in [9.17, 15) is 4.79 Å². The second-order valence-electron chi connectivity index (χ2n) is 5.30. The first-order valence-electron chi connectivity index (χ1n) is 7.16. The molecule has 2 aromatic rings. The van der Waals surface area contributed by atoms with Crippen LogP contribution in [-0.4, -0.2) is 10.4 Å². The Morgan fingerprint density at radius 2 is 1.85 bits per heavy atom. The summed E-state index contributed by atoms with van der Waals surface area (Å²) in [5, 5.41) is 0. The van der Waals surface area contributed by atoms with Crippen LogP contribution < -0.4 is 0 Å². The lowest BCUT2D eigenvalue weighted by atomic mass is 10.1. The Hall–Kier alpha value is -1.87. The highest BCUT2D eigenvalue weighted by atomic mass is 16.5. The maximum atomic E-state index is 12.0. The monoisotopic (exact) mass is 269 g/mol. The van der Waals surface area contributed by atoms with Gasteiger partial charge in [0.25, 0.3) is 0 Å². The van der Waals surface area contributed by atoms with Crippen molar-refractivity contribution in [2.75, 3.05) is 0 Å². The van der Waals surface area contributed by atoms with Crippen LogP contribution in [0.2, 0.25) is 0 Å². The topological polar surface area (TPSA) is 31.2 Å². The van der Waals surface area contributed by atoms with Crippen molar-refractivity contribution in [2.45, 2.75) is 39.0 Å². The zero-order chi connectivity index (χ0) is 13.8. The molecule has 1 aromatic heterocycles. The Kier molecular flexibility index (Phi) is 3.97. The number of carbonyl (C=O) groups is 1. The van der Waals surface area contributed by atoms with E-state index in [2.05, 4.69) is 6.20 Å². The van der Waals surface area contributed by atoms with Gasteiger partial charge in [-0.05, 0) is 30.4 Å². The molecular weight excluding hydrogens is 250 g/mol. The van der Waals surface area contributed by atoms with Gasteiger partial charge in [0.15, 0.2) is 5.78 Å². The maximum absolute atomic E-state index is 12.0. The molecule has 0 fully saturated rings. The molecule has 0 radical (unpaired) electrons. The van der Waals surface area contributed by atoms with Gasteiger partial charge >= 0.3 is 0 Å². The molecule has 0 saturated heterocycles. The summed E-state index contributed by atoms with van der Waals surface area (Å²) in [6.45, 7) is 1.09. The Morgan fingerprint density at radius 3 is 2.70 bits per heavy atom. The summed E-state index contributed by atoms with van der Waals surface area (Å²) in [4.78, 5) is 12.0. The zero-order valence-corrected chi connectivity index (χ0v) is 11.5. The van der Waals surface area contributed by atoms with Gasteiger partial charge in [-0.25, -0.2) is 0 Å². The quantitative estimate of drug-likeness (QED) is 0.794. The Morgan fingerprint density at radius 1 is 1.05 bits per heavy atom. The van der Waals surface area contributed by atoms with Crippen molar-refractivity contribution in [1.29, 1.82) is 0 Å². The van der Waals surface area contributed by atoms with Crippen LogP contribution in [0.5, 0.6) is 0 Å². The highest BCUT2D eigenvalue weighted by Crippen LogP contribution is 2.21. The normalized spacial score (nSPS) is 14.9. The molecule has 104 valence electrons. The number of nitrogens with zero attached hydrogens (tertiary/aromatic N) is 1. The maximum Gasteiger partial charge on any atom is 0.164 e. The Labute approximate surface area is 119 Å². The van der Waals surface area contributed by atoms with E-state index in [1.807, 2.05) is 41.1 Å². The lowest BCUT2D eigenvalue weighted by Gasteiger charge is -2.05. The number of ether oxygens (including phenoxy) is 1. The average Bonchev–Trinajstić information content (AvgIpc) is 2.80. The molecule has 20 heavy (non-hydrogen) atoms. The van der Waals surface area contributed by atoms with E-state index in [0.29, 0.717) is 19.8 Å². The molecule has 0 atom stereocenters. The molecule has 3 rings (SSSR count). The van der Waals surface area contributed by atoms with Crippen molar-refractivity contribution in [2.24, 2.45) is 0 Å². The highest BCUT2D eigenvalue weighted by molar-refractivity contribution is 5.97. The molecule has 1 aliphatic carbocycles. The number of hydrogen-bond acceptors (Lipinski definition) is 2. The van der Waals surface area contributed by atoms with Gasteiger partial charge in [-0.3, -0.25) is 4.79 Å². The number of Topliss-reactive ketones (excluding diaryl/α,β-unsaturated/α-hetero) is 1. The van der Waals surface area contributed by atoms with E-state index in [4.69, 9.17) is 4.74 Å². The predicted octanol–water partition coefficient (Wildman–Crippen LogP) is 3.57. The van der Waals surface area contributed by atoms with Gasteiger partial charge in [0.05, 0.1) is 6.61 Å². The van der Waals surface area contributed by atoms with E-state index in [1.54, 1.807) is 0 Å². The minimum absolute atomic E-state index is 0.277. The summed E-state index contributed by atoms with van der Waals surface area (Å²) >= 11 is 0. The largest absolute Gasteiger partial charge is 0.356 e. The minimum Gasteiger partial charge on any atom is -0.356 e. The van der Waals surface area contributed by atoms with Crippen LogP contribution in [0.3, 0.4) is 0 Å². The molecular formula is C17H19NO2. The predicted molar refractivity (Wildman–Crippen MR) is 77.5 cm³/mol. The smallest absolute Gasteiger partial charge is 0.164 e. The zero-order valence-electron chi connectivity index (χ0n) is 11.5. The van der Waals surface area contributed by atoms with Gasteiger partial charge in [-0.2, -0.15) is 0 Å². The third-order valence-corrected chi connectivity index (χ3v) is 3.71. The van der Waals surface area contributed by atoms with Crippen LogP contribution in [0.4, 0.5) is 0 Å². The number of rotatable bonds is 4. The van der Waals surface area contributed by atoms with E-state index < -0.39 is 0 Å². The fourth-order valence-electron chi connectivity index (χ4n) is 2.66. The van der Waals surface area contributed by atoms with Crippen LogP contribution in [-0.2, 0) is 24.5 Å². The fraction of sp³-hybridized carbons (Fsp3) is 0.353. The average molecular weight is 269 g/mol. The molecule has 1 aromatic carbocycles. The second kappa shape index (κ2) is 6.06. The lowest BCUT2D eigenvalue weighted by Crippen LogP contribution is -2.01. The molecule has 3 nitrogen and oxygen atoms in total. The Balaban J connectivity index is 1.61. The first kappa shape index (κ1) is 13.1. The van der Waals surface area contributed by atoms with Crippen LogP contribution in [0, 0.1) is 0 Å². The molecule has 0 spiro atoms. The molecule has 0 aliphatic heterocycles. The molecule has 1 aliphatic rings. The van der Waals surface area contributed by atoms with Gasteiger partial charge in [0.1, 0.15) is 6.73 Å². The number of benzene rings is 1. The van der Waals surface area contributed by atoms with Crippen LogP contribution in [0.25, 0.3) is 0 Å². The number of aryl methyl sites for hydroxylation is 1. The van der Waals surface area contributed by atoms with Gasteiger partial charge in [0.2, 0.25) is 0 Å². The molecule has 1 heterocycles. The van der Waals surface area contributed by atoms with Crippen molar-refractivity contribution >= 4 is 5.78 Å². The molecule has 0 saturated carbocycles. The summed E-state index contributed by atoms with van der Waals surface area (Å²) in [5.74, 6) is 0.277. The van der Waals surface area contributed by atoms with Crippen LogP contribution >= 0.6 is 0 Å². The number of aromatic nitrogens is 1. The summed E-state index contributed by atoms with van der Waals surface area (Å²) in [5.41, 5.74) is 3.24. The van der Waals surface area contributed by atoms with Crippen LogP contribution in [0.15, 0.2) is 42.7 Å². The summed E-state index contributed by atoms with van der Waals surface area (Å²) in [6, 6.07) is 10.1. The number of hydrogen-bond donors (Lipinski definition) is 0. The van der Waals surface area contributed by atoms with E-state index in [-0.39, 0.29) is 5.78 Å². The van der Waals surface area contributed by atoms with Crippen LogP contribution in [0.1, 0.15) is 40.7 Å². The van der Waals surface area contributed by atoms with Gasteiger partial charge in [0, 0.05) is 24.4 Å². The minimum atomic E-state index is 0.277. The first-order chi connectivity index (χ1) is 9.83. The second-order valence-corrected chi connectivity index (χ2v) is 5.30.